The Balaban J connectivity index is 1.52. The second-order valence-electron chi connectivity index (χ2n) is 7.07. The van der Waals surface area contributed by atoms with E-state index in [2.05, 4.69) is 0 Å². The molecular formula is C20H23ClN2O4S2. The molecule has 0 radical (unpaired) electrons. The highest BCUT2D eigenvalue weighted by Crippen LogP contribution is 2.28. The van der Waals surface area contributed by atoms with Gasteiger partial charge in [0.2, 0.25) is 5.91 Å². The monoisotopic (exact) mass is 454 g/mol. The van der Waals surface area contributed by atoms with E-state index in [0.717, 1.165) is 22.5 Å². The highest BCUT2D eigenvalue weighted by Gasteiger charge is 2.31. The van der Waals surface area contributed by atoms with Gasteiger partial charge in [-0.15, -0.1) is 11.3 Å². The van der Waals surface area contributed by atoms with E-state index < -0.39 is 10.0 Å². The van der Waals surface area contributed by atoms with Crippen LogP contribution in [-0.4, -0.2) is 55.5 Å². The molecule has 3 rings (SSSR count). The molecule has 0 aliphatic carbocycles. The van der Waals surface area contributed by atoms with E-state index in [0.29, 0.717) is 23.0 Å². The first-order chi connectivity index (χ1) is 13.7. The van der Waals surface area contributed by atoms with Crippen molar-refractivity contribution in [2.75, 3.05) is 26.2 Å². The number of carbonyl (C=O) groups excluding carboxylic acids is 2. The number of piperazine rings is 1. The van der Waals surface area contributed by atoms with Crippen molar-refractivity contribution in [1.82, 2.24) is 9.21 Å². The van der Waals surface area contributed by atoms with Crippen LogP contribution in [0, 0.1) is 13.8 Å². The molecule has 2 heterocycles. The van der Waals surface area contributed by atoms with Crippen molar-refractivity contribution < 1.29 is 18.0 Å². The molecule has 1 aromatic heterocycles. The smallest absolute Gasteiger partial charge is 0.252 e. The van der Waals surface area contributed by atoms with Gasteiger partial charge in [-0.3, -0.25) is 9.59 Å². The zero-order chi connectivity index (χ0) is 21.2. The standard InChI is InChI=1S/C20H23ClN2O4S2/c1-14-3-4-16(13-15(14)2)17(24)5-7-19(25)22-9-11-23(12-10-22)29(26,27)20-8-6-18(21)28-20/h3-4,6,8,13H,5,7,9-12H2,1-2H3. The lowest BCUT2D eigenvalue weighted by Crippen LogP contribution is -2.50. The van der Waals surface area contributed by atoms with Crippen LogP contribution in [0.1, 0.15) is 34.3 Å². The van der Waals surface area contributed by atoms with Gasteiger partial charge < -0.3 is 4.90 Å². The van der Waals surface area contributed by atoms with E-state index in [1.807, 2.05) is 26.0 Å². The first kappa shape index (κ1) is 22.0. The molecule has 0 N–H and O–H groups in total. The lowest BCUT2D eigenvalue weighted by molar-refractivity contribution is -0.132. The van der Waals surface area contributed by atoms with Crippen molar-refractivity contribution in [3.05, 3.63) is 51.4 Å². The second kappa shape index (κ2) is 8.95. The van der Waals surface area contributed by atoms with Gasteiger partial charge in [0.1, 0.15) is 4.21 Å². The van der Waals surface area contributed by atoms with Crippen molar-refractivity contribution in [1.29, 1.82) is 0 Å². The average molecular weight is 455 g/mol. The van der Waals surface area contributed by atoms with Crippen molar-refractivity contribution in [3.63, 3.8) is 0 Å². The first-order valence-electron chi connectivity index (χ1n) is 9.32. The maximum atomic E-state index is 12.6. The number of hydrogen-bond acceptors (Lipinski definition) is 5. The number of amides is 1. The van der Waals surface area contributed by atoms with Crippen molar-refractivity contribution in [2.45, 2.75) is 30.9 Å². The van der Waals surface area contributed by atoms with Gasteiger partial charge in [0.15, 0.2) is 5.78 Å². The number of Topliss-reactive ketones (excluding diaryl/α,β-unsaturated/α-hetero) is 1. The number of carbonyl (C=O) groups is 2. The van der Waals surface area contributed by atoms with Crippen LogP contribution in [0.25, 0.3) is 0 Å². The number of hydrogen-bond donors (Lipinski definition) is 0. The number of sulfonamides is 1. The molecule has 2 aromatic rings. The number of benzene rings is 1. The van der Waals surface area contributed by atoms with E-state index >= 15 is 0 Å². The average Bonchev–Trinajstić information content (AvgIpc) is 3.15. The quantitative estimate of drug-likeness (QED) is 0.626. The highest BCUT2D eigenvalue weighted by atomic mass is 35.5. The van der Waals surface area contributed by atoms with Crippen LogP contribution in [-0.2, 0) is 14.8 Å². The molecule has 6 nitrogen and oxygen atoms in total. The topological polar surface area (TPSA) is 74.8 Å². The van der Waals surface area contributed by atoms with Crippen LogP contribution < -0.4 is 0 Å². The molecule has 1 saturated heterocycles. The molecule has 1 aliphatic rings. The minimum absolute atomic E-state index is 0.0581. The van der Waals surface area contributed by atoms with Gasteiger partial charge >= 0.3 is 0 Å². The molecule has 1 fully saturated rings. The molecule has 0 saturated carbocycles. The zero-order valence-electron chi connectivity index (χ0n) is 16.4. The maximum Gasteiger partial charge on any atom is 0.252 e. The number of ketones is 1. The zero-order valence-corrected chi connectivity index (χ0v) is 18.7. The third-order valence-corrected chi connectivity index (χ3v) is 8.73. The summed E-state index contributed by atoms with van der Waals surface area (Å²) < 4.78 is 27.3. The van der Waals surface area contributed by atoms with Gasteiger partial charge in [-0.05, 0) is 43.2 Å². The molecule has 1 aromatic carbocycles. The summed E-state index contributed by atoms with van der Waals surface area (Å²) in [4.78, 5) is 26.5. The van der Waals surface area contributed by atoms with E-state index in [1.165, 1.54) is 10.4 Å². The van der Waals surface area contributed by atoms with Gasteiger partial charge in [-0.2, -0.15) is 4.31 Å². The maximum absolute atomic E-state index is 12.6. The van der Waals surface area contributed by atoms with Crippen LogP contribution in [0.15, 0.2) is 34.5 Å². The molecule has 0 atom stereocenters. The fourth-order valence-electron chi connectivity index (χ4n) is 3.18. The molecule has 0 unspecified atom stereocenters. The Morgan fingerprint density at radius 3 is 2.28 bits per heavy atom. The summed E-state index contributed by atoms with van der Waals surface area (Å²) in [6.45, 7) is 5.03. The highest BCUT2D eigenvalue weighted by molar-refractivity contribution is 7.91. The van der Waals surface area contributed by atoms with Crippen LogP contribution in [0.3, 0.4) is 0 Å². The lowest BCUT2D eigenvalue weighted by atomic mass is 10.0. The number of halogens is 1. The Morgan fingerprint density at radius 2 is 1.69 bits per heavy atom. The first-order valence-corrected chi connectivity index (χ1v) is 12.0. The Kier molecular flexibility index (Phi) is 6.78. The SMILES string of the molecule is Cc1ccc(C(=O)CCC(=O)N2CCN(S(=O)(=O)c3ccc(Cl)s3)CC2)cc1C. The van der Waals surface area contributed by atoms with Gasteiger partial charge in [-0.25, -0.2) is 8.42 Å². The Labute approximate surface area is 180 Å². The third kappa shape index (κ3) is 5.06. The van der Waals surface area contributed by atoms with Crippen molar-refractivity contribution in [2.24, 2.45) is 0 Å². The Morgan fingerprint density at radius 1 is 1.00 bits per heavy atom. The molecule has 9 heteroatoms. The van der Waals surface area contributed by atoms with Crippen molar-refractivity contribution >= 4 is 44.7 Å². The summed E-state index contributed by atoms with van der Waals surface area (Å²) in [5.41, 5.74) is 2.79. The second-order valence-corrected chi connectivity index (χ2v) is 10.9. The fourth-order valence-corrected chi connectivity index (χ4v) is 6.24. The summed E-state index contributed by atoms with van der Waals surface area (Å²) >= 11 is 6.87. The summed E-state index contributed by atoms with van der Waals surface area (Å²) in [7, 11) is -3.58. The molecule has 1 amide bonds. The van der Waals surface area contributed by atoms with Gasteiger partial charge in [0, 0.05) is 44.6 Å². The van der Waals surface area contributed by atoms with Crippen LogP contribution in [0.4, 0.5) is 0 Å². The number of thiophene rings is 1. The summed E-state index contributed by atoms with van der Waals surface area (Å²) in [5.74, 6) is -0.185. The molecular weight excluding hydrogens is 432 g/mol. The molecule has 1 aliphatic heterocycles. The number of rotatable bonds is 6. The number of aryl methyl sites for hydroxylation is 2. The van der Waals surface area contributed by atoms with Crippen LogP contribution in [0.2, 0.25) is 4.34 Å². The Bertz CT molecular complexity index is 1020. The largest absolute Gasteiger partial charge is 0.340 e. The van der Waals surface area contributed by atoms with Crippen molar-refractivity contribution in [3.8, 4) is 0 Å². The minimum atomic E-state index is -3.58. The summed E-state index contributed by atoms with van der Waals surface area (Å²) in [6.07, 6.45) is 0.270. The lowest BCUT2D eigenvalue weighted by Gasteiger charge is -2.33. The van der Waals surface area contributed by atoms with E-state index in [9.17, 15) is 18.0 Å². The van der Waals surface area contributed by atoms with Crippen LogP contribution in [0.5, 0.6) is 0 Å². The molecule has 29 heavy (non-hydrogen) atoms. The molecule has 0 spiro atoms. The number of nitrogens with zero attached hydrogens (tertiary/aromatic N) is 2. The van der Waals surface area contributed by atoms with Gasteiger partial charge in [0.25, 0.3) is 10.0 Å². The van der Waals surface area contributed by atoms with Crippen LogP contribution >= 0.6 is 22.9 Å². The van der Waals surface area contributed by atoms with E-state index in [4.69, 9.17) is 11.6 Å². The van der Waals surface area contributed by atoms with Gasteiger partial charge in [-0.1, -0.05) is 23.7 Å². The summed E-state index contributed by atoms with van der Waals surface area (Å²) in [5, 5.41) is 0. The van der Waals surface area contributed by atoms with Gasteiger partial charge in [0.05, 0.1) is 4.34 Å². The molecule has 156 valence electrons. The third-order valence-electron chi connectivity index (χ3n) is 5.13. The summed E-state index contributed by atoms with van der Waals surface area (Å²) in [6, 6.07) is 8.60. The fraction of sp³-hybridized carbons (Fsp3) is 0.400. The van der Waals surface area contributed by atoms with E-state index in [-0.39, 0.29) is 41.8 Å². The predicted molar refractivity (Wildman–Crippen MR) is 114 cm³/mol. The molecule has 0 bridgehead atoms. The minimum Gasteiger partial charge on any atom is -0.340 e. The normalized spacial score (nSPS) is 15.5. The Hall–Kier alpha value is -1.74. The van der Waals surface area contributed by atoms with E-state index in [1.54, 1.807) is 17.0 Å². The predicted octanol–water partition coefficient (Wildman–Crippen LogP) is 3.51.